The van der Waals surface area contributed by atoms with Gasteiger partial charge in [-0.3, -0.25) is 5.10 Å². The fraction of sp³-hybridized carbons (Fsp3) is 0.400. The summed E-state index contributed by atoms with van der Waals surface area (Å²) in [5.74, 6) is 0.845. The molecule has 0 amide bonds. The Morgan fingerprint density at radius 1 is 1.89 bits per heavy atom. The van der Waals surface area contributed by atoms with Crippen LogP contribution in [0.2, 0.25) is 0 Å². The largest absolute Gasteiger partial charge is 0.402 e. The predicted octanol–water partition coefficient (Wildman–Crippen LogP) is 0.149. The maximum absolute atomic E-state index is 5.19. The molecule has 0 saturated carbocycles. The van der Waals surface area contributed by atoms with Gasteiger partial charge in [-0.2, -0.15) is 5.10 Å². The van der Waals surface area contributed by atoms with Crippen LogP contribution in [0.25, 0.3) is 0 Å². The lowest BCUT2D eigenvalue weighted by Crippen LogP contribution is -2.14. The van der Waals surface area contributed by atoms with Gasteiger partial charge in [-0.15, -0.1) is 5.06 Å². The minimum absolute atomic E-state index is 0.801. The predicted molar refractivity (Wildman–Crippen MR) is 30.7 cm³/mol. The molecule has 0 saturated heterocycles. The highest BCUT2D eigenvalue weighted by atomic mass is 16.7. The van der Waals surface area contributed by atoms with Gasteiger partial charge in [0, 0.05) is 7.05 Å². The summed E-state index contributed by atoms with van der Waals surface area (Å²) in [5, 5.41) is 8.39. The van der Waals surface area contributed by atoms with Crippen LogP contribution in [0, 0.1) is 0 Å². The zero-order chi connectivity index (χ0) is 6.27. The van der Waals surface area contributed by atoms with E-state index in [1.165, 1.54) is 0 Å². The van der Waals surface area contributed by atoms with E-state index in [0.29, 0.717) is 0 Å². The van der Waals surface area contributed by atoms with Crippen LogP contribution in [0.4, 0.5) is 0 Å². The highest BCUT2D eigenvalue weighted by molar-refractivity contribution is 5.25. The molecule has 2 heterocycles. The number of aromatic nitrogens is 2. The monoisotopic (exact) mass is 125 g/mol. The number of nitrogens with zero attached hydrogens (tertiary/aromatic N) is 2. The molecule has 0 unspecified atom stereocenters. The van der Waals surface area contributed by atoms with Gasteiger partial charge < -0.3 is 4.84 Å². The molecule has 2 rings (SSSR count). The Hall–Kier alpha value is -1.03. The van der Waals surface area contributed by atoms with Crippen LogP contribution in [-0.2, 0) is 6.54 Å². The van der Waals surface area contributed by atoms with Crippen LogP contribution in [-0.4, -0.2) is 22.3 Å². The number of hydroxylamine groups is 2. The third kappa shape index (κ3) is 0.598. The summed E-state index contributed by atoms with van der Waals surface area (Å²) in [6.45, 7) is 0.801. The molecule has 0 spiro atoms. The molecule has 0 aromatic carbocycles. The highest BCUT2D eigenvalue weighted by Crippen LogP contribution is 2.23. The minimum Gasteiger partial charge on any atom is -0.402 e. The van der Waals surface area contributed by atoms with Crippen molar-refractivity contribution in [1.82, 2.24) is 15.3 Å². The van der Waals surface area contributed by atoms with Crippen LogP contribution in [0.15, 0.2) is 6.20 Å². The van der Waals surface area contributed by atoms with Crippen LogP contribution in [0.1, 0.15) is 5.69 Å². The van der Waals surface area contributed by atoms with Gasteiger partial charge in [0.2, 0.25) is 0 Å². The molecular formula is C5H7N3O. The maximum atomic E-state index is 5.19. The molecule has 4 nitrogen and oxygen atoms in total. The molecule has 0 aliphatic carbocycles. The van der Waals surface area contributed by atoms with E-state index in [4.69, 9.17) is 4.84 Å². The van der Waals surface area contributed by atoms with E-state index < -0.39 is 0 Å². The Labute approximate surface area is 52.4 Å². The normalized spacial score (nSPS) is 17.4. The van der Waals surface area contributed by atoms with E-state index in [-0.39, 0.29) is 0 Å². The average molecular weight is 125 g/mol. The van der Waals surface area contributed by atoms with E-state index in [9.17, 15) is 0 Å². The summed E-state index contributed by atoms with van der Waals surface area (Å²) in [6, 6.07) is 0. The second kappa shape index (κ2) is 1.48. The summed E-state index contributed by atoms with van der Waals surface area (Å²) < 4.78 is 0. The lowest BCUT2D eigenvalue weighted by Gasteiger charge is -2.04. The second-order valence-electron chi connectivity index (χ2n) is 2.09. The van der Waals surface area contributed by atoms with Gasteiger partial charge in [0.05, 0.1) is 18.4 Å². The van der Waals surface area contributed by atoms with Crippen molar-refractivity contribution in [3.63, 3.8) is 0 Å². The number of rotatable bonds is 0. The summed E-state index contributed by atoms with van der Waals surface area (Å²) in [7, 11) is 1.88. The first-order valence-corrected chi connectivity index (χ1v) is 2.77. The SMILES string of the molecule is CN1Cc2[nH]ncc2O1. The molecule has 1 N–H and O–H groups in total. The molecule has 1 aliphatic rings. The Balaban J connectivity index is 2.39. The fourth-order valence-corrected chi connectivity index (χ4v) is 0.917. The molecule has 9 heavy (non-hydrogen) atoms. The molecule has 0 atom stereocenters. The molecule has 0 radical (unpaired) electrons. The average Bonchev–Trinajstić information content (AvgIpc) is 2.22. The van der Waals surface area contributed by atoms with Crippen molar-refractivity contribution in [3.8, 4) is 5.75 Å². The van der Waals surface area contributed by atoms with E-state index in [1.807, 2.05) is 7.05 Å². The third-order valence-corrected chi connectivity index (χ3v) is 1.31. The van der Waals surface area contributed by atoms with Crippen molar-refractivity contribution in [1.29, 1.82) is 0 Å². The van der Waals surface area contributed by atoms with E-state index in [0.717, 1.165) is 18.0 Å². The summed E-state index contributed by atoms with van der Waals surface area (Å²) in [5.41, 5.74) is 1.05. The maximum Gasteiger partial charge on any atom is 0.189 e. The molecule has 4 heteroatoms. The van der Waals surface area contributed by atoms with Crippen molar-refractivity contribution in [2.75, 3.05) is 7.05 Å². The zero-order valence-corrected chi connectivity index (χ0v) is 5.09. The number of hydrogen-bond donors (Lipinski definition) is 1. The first-order valence-electron chi connectivity index (χ1n) is 2.77. The molecule has 0 fully saturated rings. The van der Waals surface area contributed by atoms with Gasteiger partial charge in [-0.1, -0.05) is 0 Å². The standard InChI is InChI=1S/C5H7N3O/c1-8-3-4-5(9-8)2-6-7-4/h2H,3H2,1H3,(H,6,7). The first kappa shape index (κ1) is 4.81. The lowest BCUT2D eigenvalue weighted by molar-refractivity contribution is -0.0147. The van der Waals surface area contributed by atoms with Crippen molar-refractivity contribution in [3.05, 3.63) is 11.9 Å². The van der Waals surface area contributed by atoms with Crippen LogP contribution >= 0.6 is 0 Å². The Kier molecular flexibility index (Phi) is 0.790. The Morgan fingerprint density at radius 3 is 3.56 bits per heavy atom. The van der Waals surface area contributed by atoms with Crippen LogP contribution < -0.4 is 4.84 Å². The van der Waals surface area contributed by atoms with Gasteiger partial charge in [0.1, 0.15) is 0 Å². The zero-order valence-electron chi connectivity index (χ0n) is 5.09. The quantitative estimate of drug-likeness (QED) is 0.536. The van der Waals surface area contributed by atoms with Crippen molar-refractivity contribution in [2.24, 2.45) is 0 Å². The highest BCUT2D eigenvalue weighted by Gasteiger charge is 2.18. The van der Waals surface area contributed by atoms with Gasteiger partial charge >= 0.3 is 0 Å². The van der Waals surface area contributed by atoms with Crippen molar-refractivity contribution in [2.45, 2.75) is 6.54 Å². The smallest absolute Gasteiger partial charge is 0.189 e. The van der Waals surface area contributed by atoms with Gasteiger partial charge in [-0.05, 0) is 0 Å². The molecule has 1 aromatic heterocycles. The van der Waals surface area contributed by atoms with Gasteiger partial charge in [0.15, 0.2) is 5.75 Å². The summed E-state index contributed by atoms with van der Waals surface area (Å²) in [4.78, 5) is 5.19. The number of H-pyrrole nitrogens is 1. The molecule has 1 aliphatic heterocycles. The molecule has 0 bridgehead atoms. The molecule has 48 valence electrons. The Bertz CT molecular complexity index is 199. The molecule has 1 aromatic rings. The molecular weight excluding hydrogens is 118 g/mol. The van der Waals surface area contributed by atoms with Crippen molar-refractivity contribution < 1.29 is 4.84 Å². The number of hydrogen-bond acceptors (Lipinski definition) is 3. The fourth-order valence-electron chi connectivity index (χ4n) is 0.917. The van der Waals surface area contributed by atoms with E-state index in [1.54, 1.807) is 11.3 Å². The topological polar surface area (TPSA) is 41.2 Å². The number of nitrogens with one attached hydrogen (secondary N) is 1. The van der Waals surface area contributed by atoms with E-state index in [2.05, 4.69) is 10.2 Å². The minimum atomic E-state index is 0.801. The number of aromatic amines is 1. The second-order valence-corrected chi connectivity index (χ2v) is 2.09. The third-order valence-electron chi connectivity index (χ3n) is 1.31. The number of fused-ring (bicyclic) bond motifs is 1. The van der Waals surface area contributed by atoms with Crippen molar-refractivity contribution >= 4 is 0 Å². The summed E-state index contributed by atoms with van der Waals surface area (Å²) in [6.07, 6.45) is 1.68. The van der Waals surface area contributed by atoms with Crippen LogP contribution in [0.3, 0.4) is 0 Å². The van der Waals surface area contributed by atoms with Gasteiger partial charge in [-0.25, -0.2) is 0 Å². The lowest BCUT2D eigenvalue weighted by atomic mass is 10.4. The summed E-state index contributed by atoms with van der Waals surface area (Å²) >= 11 is 0. The van der Waals surface area contributed by atoms with Gasteiger partial charge in [0.25, 0.3) is 0 Å². The van der Waals surface area contributed by atoms with Crippen LogP contribution in [0.5, 0.6) is 5.75 Å². The Morgan fingerprint density at radius 2 is 2.78 bits per heavy atom. The first-order chi connectivity index (χ1) is 4.36. The van der Waals surface area contributed by atoms with E-state index >= 15 is 0 Å².